The molecule has 1 aromatic carbocycles. The van der Waals surface area contributed by atoms with Gasteiger partial charge in [-0.15, -0.1) is 0 Å². The van der Waals surface area contributed by atoms with Crippen LogP contribution in [-0.4, -0.2) is 67.4 Å². The molecule has 2 heterocycles. The number of anilines is 2. The molecule has 0 spiro atoms. The summed E-state index contributed by atoms with van der Waals surface area (Å²) in [5.41, 5.74) is 1.72. The van der Waals surface area contributed by atoms with Gasteiger partial charge in [0, 0.05) is 24.5 Å². The molecule has 29 heavy (non-hydrogen) atoms. The van der Waals surface area contributed by atoms with E-state index in [9.17, 15) is 14.4 Å². The van der Waals surface area contributed by atoms with Crippen molar-refractivity contribution in [3.63, 3.8) is 0 Å². The number of rotatable bonds is 6. The van der Waals surface area contributed by atoms with Crippen LogP contribution in [-0.2, 0) is 23.9 Å². The van der Waals surface area contributed by atoms with Gasteiger partial charge in [-0.1, -0.05) is 11.8 Å². The van der Waals surface area contributed by atoms with Crippen LogP contribution in [0.2, 0.25) is 0 Å². The van der Waals surface area contributed by atoms with Crippen LogP contribution in [0.5, 0.6) is 0 Å². The van der Waals surface area contributed by atoms with Gasteiger partial charge < -0.3 is 19.7 Å². The highest BCUT2D eigenvalue weighted by Crippen LogP contribution is 2.34. The molecule has 2 aliphatic heterocycles. The standard InChI is InChI=1S/C20H25N3O5S/c1-3-28-19(25)12-18-23(20(26)14(2)29-18)13-17(24)21-15-4-6-16(7-5-15)22-8-10-27-11-9-22/h4-7,12,14H,3,8-11,13H2,1-2H3,(H,21,24)/b18-12-. The molecule has 1 aromatic rings. The van der Waals surface area contributed by atoms with Crippen molar-refractivity contribution in [3.8, 4) is 0 Å². The van der Waals surface area contributed by atoms with Gasteiger partial charge in [0.1, 0.15) is 6.54 Å². The normalized spacial score (nSPS) is 20.8. The monoisotopic (exact) mass is 419 g/mol. The van der Waals surface area contributed by atoms with Crippen LogP contribution in [0.4, 0.5) is 11.4 Å². The zero-order valence-corrected chi connectivity index (χ0v) is 17.4. The Morgan fingerprint density at radius 3 is 2.62 bits per heavy atom. The minimum atomic E-state index is -0.527. The smallest absolute Gasteiger partial charge is 0.333 e. The third-order valence-corrected chi connectivity index (χ3v) is 5.67. The first-order valence-corrected chi connectivity index (χ1v) is 10.4. The van der Waals surface area contributed by atoms with Gasteiger partial charge in [-0.3, -0.25) is 14.5 Å². The minimum absolute atomic E-state index is 0.160. The Hall–Kier alpha value is -2.52. The first-order valence-electron chi connectivity index (χ1n) is 9.57. The number of amides is 2. The summed E-state index contributed by atoms with van der Waals surface area (Å²) in [6, 6.07) is 7.57. The van der Waals surface area contributed by atoms with E-state index in [2.05, 4.69) is 10.2 Å². The van der Waals surface area contributed by atoms with Gasteiger partial charge in [0.15, 0.2) is 0 Å². The van der Waals surface area contributed by atoms with Gasteiger partial charge in [0.25, 0.3) is 0 Å². The summed E-state index contributed by atoms with van der Waals surface area (Å²) in [6.07, 6.45) is 1.26. The van der Waals surface area contributed by atoms with Gasteiger partial charge in [-0.05, 0) is 38.1 Å². The summed E-state index contributed by atoms with van der Waals surface area (Å²) in [5, 5.41) is 2.88. The van der Waals surface area contributed by atoms with Crippen molar-refractivity contribution < 1.29 is 23.9 Å². The molecule has 0 radical (unpaired) electrons. The summed E-state index contributed by atoms with van der Waals surface area (Å²) < 4.78 is 10.3. The molecule has 1 atom stereocenters. The number of ether oxygens (including phenoxy) is 2. The maximum atomic E-state index is 12.5. The van der Waals surface area contributed by atoms with Crippen LogP contribution < -0.4 is 10.2 Å². The SMILES string of the molecule is CCOC(=O)/C=C1\SC(C)C(=O)N1CC(=O)Nc1ccc(N2CCOCC2)cc1. The molecule has 8 nitrogen and oxygen atoms in total. The minimum Gasteiger partial charge on any atom is -0.463 e. The lowest BCUT2D eigenvalue weighted by molar-refractivity contribution is -0.137. The number of hydrogen-bond donors (Lipinski definition) is 1. The maximum Gasteiger partial charge on any atom is 0.333 e. The van der Waals surface area contributed by atoms with Gasteiger partial charge in [0.2, 0.25) is 11.8 Å². The molecule has 156 valence electrons. The first kappa shape index (κ1) is 21.2. The Bertz CT molecular complexity index is 790. The fourth-order valence-electron chi connectivity index (χ4n) is 3.10. The molecule has 1 unspecified atom stereocenters. The van der Waals surface area contributed by atoms with E-state index in [1.165, 1.54) is 22.7 Å². The van der Waals surface area contributed by atoms with Crippen LogP contribution in [0, 0.1) is 0 Å². The van der Waals surface area contributed by atoms with E-state index in [4.69, 9.17) is 9.47 Å². The van der Waals surface area contributed by atoms with Crippen molar-refractivity contribution in [2.45, 2.75) is 19.1 Å². The number of hydrogen-bond acceptors (Lipinski definition) is 7. The molecule has 0 saturated carbocycles. The highest BCUT2D eigenvalue weighted by molar-refractivity contribution is 8.04. The molecular weight excluding hydrogens is 394 g/mol. The van der Waals surface area contributed by atoms with Crippen LogP contribution in [0.15, 0.2) is 35.4 Å². The van der Waals surface area contributed by atoms with Gasteiger partial charge in [-0.25, -0.2) is 4.79 Å². The number of morpholine rings is 1. The van der Waals surface area contributed by atoms with E-state index in [1.807, 2.05) is 24.3 Å². The quantitative estimate of drug-likeness (QED) is 0.556. The Balaban J connectivity index is 1.61. The predicted octanol–water partition coefficient (Wildman–Crippen LogP) is 1.83. The molecule has 9 heteroatoms. The molecule has 0 bridgehead atoms. The topological polar surface area (TPSA) is 88.2 Å². The summed E-state index contributed by atoms with van der Waals surface area (Å²) in [4.78, 5) is 40.1. The molecule has 1 N–H and O–H groups in total. The zero-order valence-electron chi connectivity index (χ0n) is 16.6. The average molecular weight is 420 g/mol. The van der Waals surface area contributed by atoms with Crippen molar-refractivity contribution in [2.75, 3.05) is 49.7 Å². The highest BCUT2D eigenvalue weighted by Gasteiger charge is 2.35. The van der Waals surface area contributed by atoms with Crippen LogP contribution in [0.1, 0.15) is 13.8 Å². The average Bonchev–Trinajstić information content (AvgIpc) is 2.96. The molecule has 0 aliphatic carbocycles. The van der Waals surface area contributed by atoms with E-state index in [0.29, 0.717) is 23.9 Å². The third-order valence-electron chi connectivity index (χ3n) is 4.53. The zero-order chi connectivity index (χ0) is 20.8. The number of nitrogens with zero attached hydrogens (tertiary/aromatic N) is 2. The van der Waals surface area contributed by atoms with Gasteiger partial charge in [-0.2, -0.15) is 0 Å². The molecule has 2 aliphatic rings. The maximum absolute atomic E-state index is 12.5. The molecule has 3 rings (SSSR count). The van der Waals surface area contributed by atoms with Crippen molar-refractivity contribution in [1.82, 2.24) is 4.90 Å². The summed E-state index contributed by atoms with van der Waals surface area (Å²) in [5.74, 6) is -1.06. The predicted molar refractivity (Wildman–Crippen MR) is 112 cm³/mol. The number of benzene rings is 1. The van der Waals surface area contributed by atoms with Crippen LogP contribution in [0.25, 0.3) is 0 Å². The number of carbonyl (C=O) groups excluding carboxylic acids is 3. The second kappa shape index (κ2) is 9.80. The lowest BCUT2D eigenvalue weighted by Gasteiger charge is -2.28. The summed E-state index contributed by atoms with van der Waals surface area (Å²) >= 11 is 1.24. The lowest BCUT2D eigenvalue weighted by Crippen LogP contribution is -2.36. The summed E-state index contributed by atoms with van der Waals surface area (Å²) in [6.45, 7) is 6.64. The molecule has 0 aromatic heterocycles. The molecule has 2 fully saturated rings. The second-order valence-corrected chi connectivity index (χ2v) is 7.97. The molecule has 2 amide bonds. The third kappa shape index (κ3) is 5.51. The van der Waals surface area contributed by atoms with Crippen LogP contribution >= 0.6 is 11.8 Å². The lowest BCUT2D eigenvalue weighted by atomic mass is 10.2. The van der Waals surface area contributed by atoms with Crippen LogP contribution in [0.3, 0.4) is 0 Å². The van der Waals surface area contributed by atoms with E-state index < -0.39 is 5.97 Å². The van der Waals surface area contributed by atoms with E-state index in [-0.39, 0.29) is 30.2 Å². The number of thioether (sulfide) groups is 1. The van der Waals surface area contributed by atoms with Crippen molar-refractivity contribution in [3.05, 3.63) is 35.4 Å². The molecule has 2 saturated heterocycles. The Kier molecular flexibility index (Phi) is 7.16. The van der Waals surface area contributed by atoms with Crippen molar-refractivity contribution in [1.29, 1.82) is 0 Å². The number of nitrogens with one attached hydrogen (secondary N) is 1. The largest absolute Gasteiger partial charge is 0.463 e. The first-order chi connectivity index (χ1) is 14.0. The Morgan fingerprint density at radius 1 is 1.28 bits per heavy atom. The highest BCUT2D eigenvalue weighted by atomic mass is 32.2. The number of carbonyl (C=O) groups is 3. The van der Waals surface area contributed by atoms with Crippen molar-refractivity contribution in [2.24, 2.45) is 0 Å². The van der Waals surface area contributed by atoms with Gasteiger partial charge in [0.05, 0.1) is 36.2 Å². The van der Waals surface area contributed by atoms with Crippen molar-refractivity contribution >= 4 is 40.9 Å². The number of esters is 1. The Labute approximate surface area is 174 Å². The fraction of sp³-hybridized carbons (Fsp3) is 0.450. The van der Waals surface area contributed by atoms with E-state index in [0.717, 1.165) is 18.8 Å². The second-order valence-electron chi connectivity index (χ2n) is 6.61. The summed E-state index contributed by atoms with van der Waals surface area (Å²) in [7, 11) is 0. The van der Waals surface area contributed by atoms with E-state index >= 15 is 0 Å². The van der Waals surface area contributed by atoms with Gasteiger partial charge >= 0.3 is 5.97 Å². The molecular formula is C20H25N3O5S. The Morgan fingerprint density at radius 2 is 1.97 bits per heavy atom. The van der Waals surface area contributed by atoms with E-state index in [1.54, 1.807) is 13.8 Å². The fourth-order valence-corrected chi connectivity index (χ4v) is 4.13.